The molecule has 13 nitrogen and oxygen atoms in total. The fourth-order valence-corrected chi connectivity index (χ4v) is 6.85. The summed E-state index contributed by atoms with van der Waals surface area (Å²) < 4.78 is 22.9. The van der Waals surface area contributed by atoms with Crippen LogP contribution in [0.25, 0.3) is 0 Å². The third-order valence-electron chi connectivity index (χ3n) is 8.63. The third-order valence-corrected chi connectivity index (χ3v) is 9.00. The minimum Gasteiger partial charge on any atom is -0.488 e. The molecule has 2 aromatic rings. The van der Waals surface area contributed by atoms with Gasteiger partial charge in [-0.3, -0.25) is 24.0 Å². The topological polar surface area (TPSA) is 203 Å². The lowest BCUT2D eigenvalue weighted by Crippen LogP contribution is -2.57. The number of hydrogen-bond donors (Lipinski definition) is 4. The number of hydrogen-bond acceptors (Lipinski definition) is 9. The summed E-state index contributed by atoms with van der Waals surface area (Å²) in [6, 6.07) is 11.9. The van der Waals surface area contributed by atoms with Crippen LogP contribution < -0.4 is 4.74 Å². The second-order valence-electron chi connectivity index (χ2n) is 11.9. The molecule has 14 heteroatoms. The van der Waals surface area contributed by atoms with E-state index in [0.29, 0.717) is 29.5 Å². The minimum atomic E-state index is -1.97. The number of esters is 1. The Morgan fingerprint density at radius 3 is 2.13 bits per heavy atom. The van der Waals surface area contributed by atoms with Crippen molar-refractivity contribution >= 4 is 41.4 Å². The zero-order valence-electron chi connectivity index (χ0n) is 25.6. The number of carboxylic acid groups (broad SMARTS) is 4. The Morgan fingerprint density at radius 2 is 1.55 bits per heavy atom. The molecule has 2 aromatic carbocycles. The lowest BCUT2D eigenvalue weighted by molar-refractivity contribution is -0.240. The van der Waals surface area contributed by atoms with E-state index in [1.807, 2.05) is 24.3 Å². The monoisotopic (exact) mass is 676 g/mol. The molecule has 4 N–H and O–H groups in total. The van der Waals surface area contributed by atoms with Crippen molar-refractivity contribution in [1.82, 2.24) is 0 Å². The SMILES string of the molecule is CC(=O)OC[C@@H]1O[C@@](CC(=O)O)(c2ccc(Cl)c(Cc3ccc(O[C@H]4CCOC4)cc3)c2)[C@H](CC(=O)O)[C@@H](CC(=O)O)[C@H]1CC(=O)O. The summed E-state index contributed by atoms with van der Waals surface area (Å²) in [5, 5.41) is 40.0. The van der Waals surface area contributed by atoms with E-state index in [9.17, 15) is 44.4 Å². The average Bonchev–Trinajstić information content (AvgIpc) is 3.49. The van der Waals surface area contributed by atoms with Gasteiger partial charge in [0, 0.05) is 36.6 Å². The van der Waals surface area contributed by atoms with E-state index >= 15 is 0 Å². The summed E-state index contributed by atoms with van der Waals surface area (Å²) in [4.78, 5) is 60.5. The smallest absolute Gasteiger partial charge is 0.306 e. The van der Waals surface area contributed by atoms with Crippen molar-refractivity contribution in [3.05, 3.63) is 64.2 Å². The Hall–Kier alpha value is -4.20. The highest BCUT2D eigenvalue weighted by atomic mass is 35.5. The maximum absolute atomic E-state index is 12.5. The minimum absolute atomic E-state index is 0.0311. The molecule has 0 bridgehead atoms. The molecule has 0 saturated carbocycles. The molecule has 0 amide bonds. The summed E-state index contributed by atoms with van der Waals surface area (Å²) in [6.45, 7) is 1.76. The van der Waals surface area contributed by atoms with Gasteiger partial charge >= 0.3 is 29.8 Å². The number of carboxylic acids is 4. The number of aliphatic carboxylic acids is 4. The summed E-state index contributed by atoms with van der Waals surface area (Å²) in [5.74, 6) is -9.09. The van der Waals surface area contributed by atoms with Crippen molar-refractivity contribution < 1.29 is 63.3 Å². The normalized spacial score (nSPS) is 25.5. The first kappa shape index (κ1) is 35.7. The van der Waals surface area contributed by atoms with E-state index in [0.717, 1.165) is 18.9 Å². The molecule has 0 aromatic heterocycles. The van der Waals surface area contributed by atoms with Gasteiger partial charge in [0.1, 0.15) is 24.1 Å². The van der Waals surface area contributed by atoms with Gasteiger partial charge in [0.25, 0.3) is 0 Å². The highest BCUT2D eigenvalue weighted by molar-refractivity contribution is 6.31. The summed E-state index contributed by atoms with van der Waals surface area (Å²) in [5.41, 5.74) is -0.381. The molecule has 2 fully saturated rings. The van der Waals surface area contributed by atoms with Gasteiger partial charge in [-0.1, -0.05) is 35.9 Å². The largest absolute Gasteiger partial charge is 0.488 e. The number of benzene rings is 2. The number of rotatable bonds is 15. The van der Waals surface area contributed by atoms with E-state index < -0.39 is 91.6 Å². The van der Waals surface area contributed by atoms with Crippen molar-refractivity contribution in [2.75, 3.05) is 19.8 Å². The second-order valence-corrected chi connectivity index (χ2v) is 12.3. The van der Waals surface area contributed by atoms with Crippen molar-refractivity contribution in [2.45, 2.75) is 63.3 Å². The first-order chi connectivity index (χ1) is 22.3. The molecule has 2 heterocycles. The zero-order valence-corrected chi connectivity index (χ0v) is 26.4. The van der Waals surface area contributed by atoms with Gasteiger partial charge in [0.2, 0.25) is 0 Å². The molecular formula is C33H37ClO13. The van der Waals surface area contributed by atoms with Gasteiger partial charge in [-0.05, 0) is 47.2 Å². The fourth-order valence-electron chi connectivity index (χ4n) is 6.67. The van der Waals surface area contributed by atoms with Crippen LogP contribution in [0.4, 0.5) is 0 Å². The molecule has 2 aliphatic rings. The second kappa shape index (κ2) is 15.6. The Labute approximate surface area is 275 Å². The Balaban J connectivity index is 1.80. The van der Waals surface area contributed by atoms with Gasteiger partial charge in [-0.2, -0.15) is 0 Å². The van der Waals surface area contributed by atoms with Crippen molar-refractivity contribution in [3.63, 3.8) is 0 Å². The molecule has 0 aliphatic carbocycles. The number of carbonyl (C=O) groups is 5. The van der Waals surface area contributed by atoms with Crippen LogP contribution in [-0.4, -0.2) is 82.3 Å². The lowest BCUT2D eigenvalue weighted by atomic mass is 9.61. The van der Waals surface area contributed by atoms with Crippen LogP contribution in [0.2, 0.25) is 5.02 Å². The molecule has 2 saturated heterocycles. The molecule has 0 radical (unpaired) electrons. The van der Waals surface area contributed by atoms with Crippen LogP contribution in [0.5, 0.6) is 5.75 Å². The average molecular weight is 677 g/mol. The lowest BCUT2D eigenvalue weighted by Gasteiger charge is -2.53. The van der Waals surface area contributed by atoms with Crippen molar-refractivity contribution in [3.8, 4) is 5.75 Å². The van der Waals surface area contributed by atoms with Crippen LogP contribution in [0.15, 0.2) is 42.5 Å². The highest BCUT2D eigenvalue weighted by Gasteiger charge is 2.57. The quantitative estimate of drug-likeness (QED) is 0.197. The molecule has 6 atom stereocenters. The standard InChI is InChI=1S/C33H37ClO13/c1-18(35)45-17-28-25(13-30(38)39)24(12-29(36)37)26(14-31(40)41)33(47-28,15-32(42)43)21-4-7-27(34)20(11-21)10-19-2-5-22(6-3-19)46-23-8-9-44-16-23/h2-7,11,23-26,28H,8-10,12-17H2,1H3,(H,36,37)(H,38,39)(H,40,41)(H,42,43)/t23-,24-,25+,26+,28-,33-/m0/s1. The fraction of sp³-hybridized carbons (Fsp3) is 0.485. The van der Waals surface area contributed by atoms with Gasteiger partial charge in [-0.25, -0.2) is 0 Å². The zero-order chi connectivity index (χ0) is 34.3. The predicted octanol–water partition coefficient (Wildman–Crippen LogP) is 4.00. The van der Waals surface area contributed by atoms with E-state index in [2.05, 4.69) is 0 Å². The van der Waals surface area contributed by atoms with Crippen LogP contribution in [0, 0.1) is 17.8 Å². The number of carbonyl (C=O) groups excluding carboxylic acids is 1. The Kier molecular flexibility index (Phi) is 11.8. The molecule has 0 spiro atoms. The summed E-state index contributed by atoms with van der Waals surface area (Å²) in [6.07, 6.45) is -3.08. The first-order valence-electron chi connectivity index (χ1n) is 15.1. The van der Waals surface area contributed by atoms with Crippen molar-refractivity contribution in [1.29, 1.82) is 0 Å². The van der Waals surface area contributed by atoms with E-state index in [4.69, 9.17) is 30.5 Å². The van der Waals surface area contributed by atoms with Crippen LogP contribution in [0.3, 0.4) is 0 Å². The molecule has 254 valence electrons. The molecule has 4 rings (SSSR count). The van der Waals surface area contributed by atoms with Gasteiger partial charge in [0.05, 0.1) is 38.6 Å². The van der Waals surface area contributed by atoms with E-state index in [-0.39, 0.29) is 18.1 Å². The Bertz CT molecular complexity index is 1470. The van der Waals surface area contributed by atoms with Gasteiger partial charge < -0.3 is 39.4 Å². The highest BCUT2D eigenvalue weighted by Crippen LogP contribution is 2.53. The van der Waals surface area contributed by atoms with Gasteiger partial charge in [-0.15, -0.1) is 0 Å². The van der Waals surface area contributed by atoms with Crippen molar-refractivity contribution in [2.24, 2.45) is 17.8 Å². The number of halogens is 1. The molecule has 2 aliphatic heterocycles. The first-order valence-corrected chi connectivity index (χ1v) is 15.5. The maximum Gasteiger partial charge on any atom is 0.306 e. The predicted molar refractivity (Wildman–Crippen MR) is 163 cm³/mol. The van der Waals surface area contributed by atoms with Gasteiger partial charge in [0.15, 0.2) is 0 Å². The van der Waals surface area contributed by atoms with E-state index in [1.165, 1.54) is 12.1 Å². The summed E-state index contributed by atoms with van der Waals surface area (Å²) >= 11 is 6.60. The number of ether oxygens (including phenoxy) is 4. The van der Waals surface area contributed by atoms with Crippen LogP contribution in [0.1, 0.15) is 55.7 Å². The van der Waals surface area contributed by atoms with Crippen LogP contribution >= 0.6 is 11.6 Å². The third kappa shape index (κ3) is 9.21. The summed E-state index contributed by atoms with van der Waals surface area (Å²) in [7, 11) is 0. The van der Waals surface area contributed by atoms with Crippen LogP contribution in [-0.2, 0) is 50.2 Å². The maximum atomic E-state index is 12.5. The Morgan fingerprint density at radius 1 is 0.894 bits per heavy atom. The molecule has 0 unspecified atom stereocenters. The van der Waals surface area contributed by atoms with E-state index in [1.54, 1.807) is 6.07 Å². The molecule has 47 heavy (non-hydrogen) atoms. The molecular weight excluding hydrogens is 640 g/mol.